The molecule has 0 aliphatic carbocycles. The standard InChI is InChI=1S/C14H21N3O4/c1-4-9-15-14(18)10(3)16-11-7-6-8-12(21-5-2)13(11)17(19)20/h6-8,10,16H,4-5,9H2,1-3H3,(H,15,18). The van der Waals surface area contributed by atoms with E-state index in [9.17, 15) is 14.9 Å². The highest BCUT2D eigenvalue weighted by Crippen LogP contribution is 2.35. The van der Waals surface area contributed by atoms with Crippen molar-refractivity contribution in [1.82, 2.24) is 5.32 Å². The van der Waals surface area contributed by atoms with E-state index in [-0.39, 0.29) is 23.0 Å². The maximum atomic E-state index is 11.8. The van der Waals surface area contributed by atoms with Crippen molar-refractivity contribution in [3.8, 4) is 5.75 Å². The Hall–Kier alpha value is -2.31. The van der Waals surface area contributed by atoms with Gasteiger partial charge >= 0.3 is 5.69 Å². The summed E-state index contributed by atoms with van der Waals surface area (Å²) in [6, 6.07) is 4.17. The molecule has 0 radical (unpaired) electrons. The number of carbonyl (C=O) groups is 1. The molecule has 0 bridgehead atoms. The van der Waals surface area contributed by atoms with Crippen LogP contribution in [0.5, 0.6) is 5.75 Å². The van der Waals surface area contributed by atoms with Crippen molar-refractivity contribution >= 4 is 17.3 Å². The Kier molecular flexibility index (Phi) is 6.45. The SMILES string of the molecule is CCCNC(=O)C(C)Nc1cccc(OCC)c1[N+](=O)[O-]. The van der Waals surface area contributed by atoms with E-state index in [0.717, 1.165) is 6.42 Å². The first-order chi connectivity index (χ1) is 10.0. The number of benzene rings is 1. The van der Waals surface area contributed by atoms with Crippen molar-refractivity contribution in [3.05, 3.63) is 28.3 Å². The number of hydrogen-bond acceptors (Lipinski definition) is 5. The van der Waals surface area contributed by atoms with Crippen LogP contribution in [0.2, 0.25) is 0 Å². The molecule has 0 aliphatic rings. The molecule has 116 valence electrons. The minimum absolute atomic E-state index is 0.158. The zero-order valence-corrected chi connectivity index (χ0v) is 12.5. The molecule has 1 atom stereocenters. The number of hydrogen-bond donors (Lipinski definition) is 2. The van der Waals surface area contributed by atoms with Gasteiger partial charge in [-0.15, -0.1) is 0 Å². The van der Waals surface area contributed by atoms with Crippen LogP contribution in [0.1, 0.15) is 27.2 Å². The Morgan fingerprint density at radius 3 is 2.71 bits per heavy atom. The lowest BCUT2D eigenvalue weighted by Gasteiger charge is -2.16. The van der Waals surface area contributed by atoms with E-state index in [1.54, 1.807) is 26.0 Å². The van der Waals surface area contributed by atoms with Gasteiger partial charge in [-0.2, -0.15) is 0 Å². The van der Waals surface area contributed by atoms with Crippen LogP contribution in [0.25, 0.3) is 0 Å². The van der Waals surface area contributed by atoms with Crippen molar-refractivity contribution in [2.24, 2.45) is 0 Å². The number of amides is 1. The lowest BCUT2D eigenvalue weighted by molar-refractivity contribution is -0.384. The van der Waals surface area contributed by atoms with E-state index in [0.29, 0.717) is 13.2 Å². The zero-order valence-electron chi connectivity index (χ0n) is 12.5. The molecule has 21 heavy (non-hydrogen) atoms. The Bertz CT molecular complexity index is 505. The number of nitro benzene ring substituents is 1. The van der Waals surface area contributed by atoms with E-state index >= 15 is 0 Å². The molecule has 0 fully saturated rings. The quantitative estimate of drug-likeness (QED) is 0.567. The van der Waals surface area contributed by atoms with E-state index in [2.05, 4.69) is 10.6 Å². The number of para-hydroxylation sites is 1. The molecule has 0 aliphatic heterocycles. The summed E-state index contributed by atoms with van der Waals surface area (Å²) in [4.78, 5) is 22.5. The van der Waals surface area contributed by atoms with Gasteiger partial charge in [0.15, 0.2) is 5.75 Å². The van der Waals surface area contributed by atoms with E-state index < -0.39 is 11.0 Å². The number of nitro groups is 1. The second-order valence-electron chi connectivity index (χ2n) is 4.50. The molecular formula is C14H21N3O4. The van der Waals surface area contributed by atoms with Crippen LogP contribution >= 0.6 is 0 Å². The van der Waals surface area contributed by atoms with Gasteiger partial charge in [-0.25, -0.2) is 0 Å². The minimum Gasteiger partial charge on any atom is -0.487 e. The fourth-order valence-electron chi connectivity index (χ4n) is 1.80. The van der Waals surface area contributed by atoms with Crippen LogP contribution in [-0.4, -0.2) is 30.0 Å². The molecule has 0 saturated carbocycles. The van der Waals surface area contributed by atoms with Gasteiger partial charge in [0.05, 0.1) is 11.5 Å². The topological polar surface area (TPSA) is 93.5 Å². The van der Waals surface area contributed by atoms with E-state index in [4.69, 9.17) is 4.74 Å². The maximum Gasteiger partial charge on any atom is 0.333 e. The Morgan fingerprint density at radius 1 is 1.43 bits per heavy atom. The van der Waals surface area contributed by atoms with Crippen LogP contribution in [0.4, 0.5) is 11.4 Å². The summed E-state index contributed by atoms with van der Waals surface area (Å²) in [5, 5.41) is 16.8. The first-order valence-electron chi connectivity index (χ1n) is 6.95. The fraction of sp³-hybridized carbons (Fsp3) is 0.500. The van der Waals surface area contributed by atoms with Gasteiger partial charge in [0, 0.05) is 6.54 Å². The van der Waals surface area contributed by atoms with Crippen LogP contribution in [0, 0.1) is 10.1 Å². The fourth-order valence-corrected chi connectivity index (χ4v) is 1.80. The second kappa shape index (κ2) is 8.08. The van der Waals surface area contributed by atoms with Gasteiger partial charge in [-0.05, 0) is 32.4 Å². The average Bonchev–Trinajstić information content (AvgIpc) is 2.44. The lowest BCUT2D eigenvalue weighted by atomic mass is 10.2. The number of carbonyl (C=O) groups excluding carboxylic acids is 1. The number of ether oxygens (including phenoxy) is 1. The van der Waals surface area contributed by atoms with Crippen molar-refractivity contribution in [2.45, 2.75) is 33.2 Å². The molecule has 7 heteroatoms. The highest BCUT2D eigenvalue weighted by atomic mass is 16.6. The summed E-state index contributed by atoms with van der Waals surface area (Å²) in [5.74, 6) is -0.0124. The monoisotopic (exact) mass is 295 g/mol. The average molecular weight is 295 g/mol. The highest BCUT2D eigenvalue weighted by Gasteiger charge is 2.23. The van der Waals surface area contributed by atoms with Crippen LogP contribution < -0.4 is 15.4 Å². The summed E-state index contributed by atoms with van der Waals surface area (Å²) in [5.41, 5.74) is 0.111. The summed E-state index contributed by atoms with van der Waals surface area (Å²) in [7, 11) is 0. The van der Waals surface area contributed by atoms with Crippen molar-refractivity contribution in [3.63, 3.8) is 0 Å². The predicted octanol–water partition coefficient (Wildman–Crippen LogP) is 2.32. The van der Waals surface area contributed by atoms with Crippen molar-refractivity contribution in [2.75, 3.05) is 18.5 Å². The molecule has 1 unspecified atom stereocenters. The molecule has 2 N–H and O–H groups in total. The molecule has 0 aromatic heterocycles. The number of nitrogens with one attached hydrogen (secondary N) is 2. The number of nitrogens with zero attached hydrogens (tertiary/aromatic N) is 1. The van der Waals surface area contributed by atoms with E-state index in [1.165, 1.54) is 6.07 Å². The third kappa shape index (κ3) is 4.62. The molecule has 1 aromatic rings. The second-order valence-corrected chi connectivity index (χ2v) is 4.50. The molecule has 1 amide bonds. The zero-order chi connectivity index (χ0) is 15.8. The molecule has 1 rings (SSSR count). The highest BCUT2D eigenvalue weighted by molar-refractivity contribution is 5.85. The van der Waals surface area contributed by atoms with Crippen LogP contribution in [0.15, 0.2) is 18.2 Å². The van der Waals surface area contributed by atoms with Gasteiger partial charge in [0.1, 0.15) is 11.7 Å². The first kappa shape index (κ1) is 16.7. The molecule has 0 spiro atoms. The number of anilines is 1. The van der Waals surface area contributed by atoms with Crippen LogP contribution in [0.3, 0.4) is 0 Å². The Balaban J connectivity index is 2.94. The van der Waals surface area contributed by atoms with Crippen molar-refractivity contribution in [1.29, 1.82) is 0 Å². The predicted molar refractivity (Wildman–Crippen MR) is 80.7 cm³/mol. The normalized spacial score (nSPS) is 11.6. The summed E-state index contributed by atoms with van der Waals surface area (Å²) in [6.45, 7) is 6.27. The Morgan fingerprint density at radius 2 is 2.14 bits per heavy atom. The van der Waals surface area contributed by atoms with Gasteiger partial charge in [-0.1, -0.05) is 13.0 Å². The number of rotatable bonds is 8. The summed E-state index contributed by atoms with van der Waals surface area (Å²) in [6.07, 6.45) is 0.832. The smallest absolute Gasteiger partial charge is 0.333 e. The molecule has 1 aromatic carbocycles. The van der Waals surface area contributed by atoms with Gasteiger partial charge in [0.25, 0.3) is 0 Å². The third-order valence-corrected chi connectivity index (χ3v) is 2.80. The molecule has 0 saturated heterocycles. The third-order valence-electron chi connectivity index (χ3n) is 2.80. The lowest BCUT2D eigenvalue weighted by Crippen LogP contribution is -2.38. The maximum absolute atomic E-state index is 11.8. The molecule has 0 heterocycles. The minimum atomic E-state index is -0.577. The van der Waals surface area contributed by atoms with Gasteiger partial charge in [-0.3, -0.25) is 14.9 Å². The largest absolute Gasteiger partial charge is 0.487 e. The summed E-state index contributed by atoms with van der Waals surface area (Å²) >= 11 is 0. The van der Waals surface area contributed by atoms with E-state index in [1.807, 2.05) is 6.92 Å². The van der Waals surface area contributed by atoms with Crippen molar-refractivity contribution < 1.29 is 14.5 Å². The van der Waals surface area contributed by atoms with Crippen LogP contribution in [-0.2, 0) is 4.79 Å². The molecular weight excluding hydrogens is 274 g/mol. The first-order valence-corrected chi connectivity index (χ1v) is 6.95. The van der Waals surface area contributed by atoms with Gasteiger partial charge < -0.3 is 15.4 Å². The van der Waals surface area contributed by atoms with Gasteiger partial charge in [0.2, 0.25) is 5.91 Å². The molecule has 7 nitrogen and oxygen atoms in total. The Labute approximate surface area is 123 Å². The summed E-state index contributed by atoms with van der Waals surface area (Å²) < 4.78 is 5.26.